The van der Waals surface area contributed by atoms with Crippen LogP contribution in [0, 0.1) is 5.92 Å². The predicted molar refractivity (Wildman–Crippen MR) is 96.1 cm³/mol. The number of nitrogen functional groups attached to an aromatic ring is 1. The van der Waals surface area contributed by atoms with E-state index in [1.54, 1.807) is 0 Å². The molecular formula is C19H30N2O3. The third-order valence-corrected chi connectivity index (χ3v) is 4.68. The fourth-order valence-corrected chi connectivity index (χ4v) is 3.32. The lowest BCUT2D eigenvalue weighted by Crippen LogP contribution is -2.42. The topological polar surface area (TPSA) is 64.8 Å². The number of benzene rings is 1. The Morgan fingerprint density at radius 3 is 2.58 bits per heavy atom. The summed E-state index contributed by atoms with van der Waals surface area (Å²) in [6.45, 7) is 9.02. The molecule has 2 N–H and O–H groups in total. The second-order valence-electron chi connectivity index (χ2n) is 6.42. The van der Waals surface area contributed by atoms with Gasteiger partial charge in [-0.2, -0.15) is 0 Å². The highest BCUT2D eigenvalue weighted by molar-refractivity contribution is 5.72. The van der Waals surface area contributed by atoms with Crippen molar-refractivity contribution in [3.05, 3.63) is 23.8 Å². The minimum atomic E-state index is -0.0379. The van der Waals surface area contributed by atoms with Crippen LogP contribution < -0.4 is 10.5 Å². The van der Waals surface area contributed by atoms with E-state index in [9.17, 15) is 4.79 Å². The van der Waals surface area contributed by atoms with Crippen LogP contribution in [0.3, 0.4) is 0 Å². The largest absolute Gasteiger partial charge is 0.492 e. The summed E-state index contributed by atoms with van der Waals surface area (Å²) in [7, 11) is 0. The molecule has 1 atom stereocenters. The van der Waals surface area contributed by atoms with Crippen LogP contribution in [-0.4, -0.2) is 43.2 Å². The maximum absolute atomic E-state index is 11.8. The highest BCUT2D eigenvalue weighted by atomic mass is 16.5. The van der Waals surface area contributed by atoms with E-state index in [0.717, 1.165) is 38.1 Å². The molecule has 0 aromatic heterocycles. The maximum atomic E-state index is 11.8. The van der Waals surface area contributed by atoms with Crippen molar-refractivity contribution in [1.82, 2.24) is 4.90 Å². The average molecular weight is 334 g/mol. The number of nitrogens with two attached hydrogens (primary N) is 1. The molecule has 134 valence electrons. The Kier molecular flexibility index (Phi) is 6.91. The van der Waals surface area contributed by atoms with E-state index in [4.69, 9.17) is 15.2 Å². The van der Waals surface area contributed by atoms with Crippen LogP contribution in [0.1, 0.15) is 39.2 Å². The molecule has 1 aromatic carbocycles. The van der Waals surface area contributed by atoms with Crippen LogP contribution in [0.25, 0.3) is 0 Å². The molecule has 1 fully saturated rings. The predicted octanol–water partition coefficient (Wildman–Crippen LogP) is 2.87. The van der Waals surface area contributed by atoms with Crippen molar-refractivity contribution >= 4 is 11.7 Å². The van der Waals surface area contributed by atoms with Gasteiger partial charge in [-0.1, -0.05) is 6.07 Å². The van der Waals surface area contributed by atoms with Crippen LogP contribution in [0.15, 0.2) is 18.2 Å². The highest BCUT2D eigenvalue weighted by Crippen LogP contribution is 2.25. The number of esters is 1. The van der Waals surface area contributed by atoms with Crippen molar-refractivity contribution in [3.63, 3.8) is 0 Å². The van der Waals surface area contributed by atoms with Crippen molar-refractivity contribution in [1.29, 1.82) is 0 Å². The number of carbonyl (C=O) groups excluding carboxylic acids is 1. The Bertz CT molecular complexity index is 539. The van der Waals surface area contributed by atoms with E-state index in [0.29, 0.717) is 24.9 Å². The van der Waals surface area contributed by atoms with E-state index in [2.05, 4.69) is 17.9 Å². The average Bonchev–Trinajstić information content (AvgIpc) is 2.58. The van der Waals surface area contributed by atoms with Gasteiger partial charge in [-0.05, 0) is 70.8 Å². The molecule has 1 aliphatic rings. The molecule has 0 saturated carbocycles. The number of hydrogen-bond donors (Lipinski definition) is 1. The minimum Gasteiger partial charge on any atom is -0.492 e. The highest BCUT2D eigenvalue weighted by Gasteiger charge is 2.28. The van der Waals surface area contributed by atoms with E-state index in [1.165, 1.54) is 5.56 Å². The number of nitrogens with zero attached hydrogens (tertiary/aromatic N) is 1. The van der Waals surface area contributed by atoms with E-state index >= 15 is 0 Å². The van der Waals surface area contributed by atoms with Crippen molar-refractivity contribution in [2.75, 3.05) is 32.0 Å². The smallest absolute Gasteiger partial charge is 0.309 e. The summed E-state index contributed by atoms with van der Waals surface area (Å²) in [5.74, 6) is 0.780. The van der Waals surface area contributed by atoms with E-state index in [-0.39, 0.29) is 11.9 Å². The minimum absolute atomic E-state index is 0.0379. The van der Waals surface area contributed by atoms with Gasteiger partial charge in [0.25, 0.3) is 0 Å². The van der Waals surface area contributed by atoms with Crippen molar-refractivity contribution in [2.45, 2.75) is 46.1 Å². The molecule has 0 radical (unpaired) electrons. The lowest BCUT2D eigenvalue weighted by Gasteiger charge is -2.35. The van der Waals surface area contributed by atoms with Crippen molar-refractivity contribution in [2.24, 2.45) is 5.92 Å². The van der Waals surface area contributed by atoms with E-state index in [1.807, 2.05) is 26.0 Å². The maximum Gasteiger partial charge on any atom is 0.309 e. The lowest BCUT2D eigenvalue weighted by molar-refractivity contribution is -0.149. The number of carbonyl (C=O) groups is 1. The molecular weight excluding hydrogens is 304 g/mol. The quantitative estimate of drug-likeness (QED) is 0.613. The van der Waals surface area contributed by atoms with Gasteiger partial charge < -0.3 is 20.1 Å². The van der Waals surface area contributed by atoms with Gasteiger partial charge in [0.1, 0.15) is 5.75 Å². The van der Waals surface area contributed by atoms with Crippen molar-refractivity contribution in [3.8, 4) is 5.75 Å². The first-order chi connectivity index (χ1) is 11.5. The zero-order chi connectivity index (χ0) is 17.5. The number of anilines is 1. The summed E-state index contributed by atoms with van der Waals surface area (Å²) < 4.78 is 10.6. The van der Waals surface area contributed by atoms with Gasteiger partial charge >= 0.3 is 5.97 Å². The Morgan fingerprint density at radius 2 is 2.00 bits per heavy atom. The first-order valence-corrected chi connectivity index (χ1v) is 8.97. The molecule has 1 unspecified atom stereocenters. The number of piperidine rings is 1. The first kappa shape index (κ1) is 18.6. The lowest BCUT2D eigenvalue weighted by atomic mass is 9.94. The summed E-state index contributed by atoms with van der Waals surface area (Å²) in [4.78, 5) is 14.3. The molecule has 0 bridgehead atoms. The third kappa shape index (κ3) is 4.87. The van der Waals surface area contributed by atoms with E-state index < -0.39 is 0 Å². The molecule has 0 spiro atoms. The Hall–Kier alpha value is -1.75. The zero-order valence-electron chi connectivity index (χ0n) is 15.1. The standard InChI is InChI=1S/C19H30N2O3/c1-4-23-18-7-6-15(13-17(18)20)12-14(3)21-10-8-16(9-11-21)19(22)24-5-2/h6-7,13-14,16H,4-5,8-12,20H2,1-3H3. The molecule has 0 amide bonds. The molecule has 1 saturated heterocycles. The van der Waals surface area contributed by atoms with Crippen LogP contribution in [0.5, 0.6) is 5.75 Å². The molecule has 5 heteroatoms. The van der Waals surface area contributed by atoms with Crippen LogP contribution in [0.4, 0.5) is 5.69 Å². The van der Waals surface area contributed by atoms with Gasteiger partial charge in [0.15, 0.2) is 0 Å². The number of hydrogen-bond acceptors (Lipinski definition) is 5. The Balaban J connectivity index is 1.86. The fraction of sp³-hybridized carbons (Fsp3) is 0.632. The van der Waals surface area contributed by atoms with Gasteiger partial charge in [0.05, 0.1) is 24.8 Å². The Morgan fingerprint density at radius 1 is 1.29 bits per heavy atom. The monoisotopic (exact) mass is 334 g/mol. The number of rotatable bonds is 7. The zero-order valence-corrected chi connectivity index (χ0v) is 15.1. The number of likely N-dealkylation sites (tertiary alicyclic amines) is 1. The second-order valence-corrected chi connectivity index (χ2v) is 6.42. The summed E-state index contributed by atoms with van der Waals surface area (Å²) >= 11 is 0. The van der Waals surface area contributed by atoms with Crippen molar-refractivity contribution < 1.29 is 14.3 Å². The van der Waals surface area contributed by atoms with Crippen LogP contribution in [0.2, 0.25) is 0 Å². The van der Waals surface area contributed by atoms with Crippen LogP contribution in [-0.2, 0) is 16.0 Å². The fourth-order valence-electron chi connectivity index (χ4n) is 3.32. The molecule has 24 heavy (non-hydrogen) atoms. The van der Waals surface area contributed by atoms with Crippen LogP contribution >= 0.6 is 0 Å². The van der Waals surface area contributed by atoms with Gasteiger partial charge in [0, 0.05) is 6.04 Å². The Labute approximate surface area is 145 Å². The summed E-state index contributed by atoms with van der Waals surface area (Å²) in [6, 6.07) is 6.47. The normalized spacial score (nSPS) is 17.5. The van der Waals surface area contributed by atoms with Gasteiger partial charge in [-0.25, -0.2) is 0 Å². The molecule has 1 aliphatic heterocycles. The second kappa shape index (κ2) is 8.92. The molecule has 5 nitrogen and oxygen atoms in total. The van der Waals surface area contributed by atoms with Gasteiger partial charge in [-0.15, -0.1) is 0 Å². The third-order valence-electron chi connectivity index (χ3n) is 4.68. The summed E-state index contributed by atoms with van der Waals surface area (Å²) in [6.07, 6.45) is 2.71. The van der Waals surface area contributed by atoms with Gasteiger partial charge in [0.2, 0.25) is 0 Å². The summed E-state index contributed by atoms with van der Waals surface area (Å²) in [5.41, 5.74) is 7.97. The van der Waals surface area contributed by atoms with Gasteiger partial charge in [-0.3, -0.25) is 4.79 Å². The molecule has 1 aromatic rings. The first-order valence-electron chi connectivity index (χ1n) is 8.97. The SMILES string of the molecule is CCOC(=O)C1CCN(C(C)Cc2ccc(OCC)c(N)c2)CC1. The molecule has 1 heterocycles. The molecule has 2 rings (SSSR count). The summed E-state index contributed by atoms with van der Waals surface area (Å²) in [5, 5.41) is 0. The number of ether oxygens (including phenoxy) is 2. The molecule has 0 aliphatic carbocycles.